The maximum atomic E-state index is 5.45. The fourth-order valence-electron chi connectivity index (χ4n) is 1.60. The Morgan fingerprint density at radius 1 is 1.05 bits per heavy atom. The van der Waals surface area contributed by atoms with Gasteiger partial charge in [0, 0.05) is 18.0 Å². The van der Waals surface area contributed by atoms with Crippen LogP contribution in [0.2, 0.25) is 0 Å². The molecule has 0 atom stereocenters. The lowest BCUT2D eigenvalue weighted by molar-refractivity contribution is 0.562. The molecule has 21 heavy (non-hydrogen) atoms. The zero-order valence-corrected chi connectivity index (χ0v) is 12.4. The summed E-state index contributed by atoms with van der Waals surface area (Å²) in [5.74, 6) is 0.621. The standard InChI is InChI=1S/C14H10N4OS2/c20-14(19-11-6-8-15-9-7-11)16-13-18-17-12(21-13)10-4-2-1-3-5-10/h1-9H,(H,16,18,20). The molecule has 0 fully saturated rings. The lowest BCUT2D eigenvalue weighted by Crippen LogP contribution is -2.16. The van der Waals surface area contributed by atoms with Crippen molar-refractivity contribution in [2.75, 3.05) is 5.32 Å². The van der Waals surface area contributed by atoms with Gasteiger partial charge < -0.3 is 4.74 Å². The number of hydrogen-bond acceptors (Lipinski definition) is 6. The van der Waals surface area contributed by atoms with Crippen LogP contribution in [-0.2, 0) is 0 Å². The third kappa shape index (κ3) is 3.59. The number of aromatic nitrogens is 3. The Bertz CT molecular complexity index is 731. The molecule has 7 heteroatoms. The lowest BCUT2D eigenvalue weighted by atomic mass is 10.2. The molecule has 0 unspecified atom stereocenters. The molecule has 0 saturated carbocycles. The molecule has 0 spiro atoms. The molecule has 0 amide bonds. The van der Waals surface area contributed by atoms with E-state index in [0.29, 0.717) is 10.9 Å². The van der Waals surface area contributed by atoms with Gasteiger partial charge in [-0.1, -0.05) is 41.7 Å². The molecular formula is C14H10N4OS2. The van der Waals surface area contributed by atoms with Crippen molar-refractivity contribution in [1.82, 2.24) is 15.2 Å². The van der Waals surface area contributed by atoms with Gasteiger partial charge in [-0.3, -0.25) is 10.3 Å². The van der Waals surface area contributed by atoms with Crippen LogP contribution in [0.25, 0.3) is 10.6 Å². The minimum Gasteiger partial charge on any atom is -0.432 e. The zero-order chi connectivity index (χ0) is 14.5. The monoisotopic (exact) mass is 314 g/mol. The predicted molar refractivity (Wildman–Crippen MR) is 86.4 cm³/mol. The van der Waals surface area contributed by atoms with Crippen LogP contribution in [0, 0.1) is 0 Å². The molecule has 2 aromatic heterocycles. The quantitative estimate of drug-likeness (QED) is 0.748. The summed E-state index contributed by atoms with van der Waals surface area (Å²) in [6.07, 6.45) is 3.27. The van der Waals surface area contributed by atoms with Crippen molar-refractivity contribution in [3.63, 3.8) is 0 Å². The number of ether oxygens (including phenoxy) is 1. The summed E-state index contributed by atoms with van der Waals surface area (Å²) in [6, 6.07) is 13.3. The molecular weight excluding hydrogens is 304 g/mol. The summed E-state index contributed by atoms with van der Waals surface area (Å²) in [4.78, 5) is 3.91. The van der Waals surface area contributed by atoms with E-state index in [4.69, 9.17) is 17.0 Å². The minimum atomic E-state index is 0.219. The van der Waals surface area contributed by atoms with Gasteiger partial charge in [0.15, 0.2) is 0 Å². The molecule has 2 heterocycles. The third-order valence-corrected chi connectivity index (χ3v) is 3.59. The Hall–Kier alpha value is -2.38. The molecule has 0 radical (unpaired) electrons. The van der Waals surface area contributed by atoms with E-state index in [1.807, 2.05) is 30.3 Å². The molecule has 0 bridgehead atoms. The molecule has 0 aliphatic rings. The van der Waals surface area contributed by atoms with Crippen LogP contribution in [0.3, 0.4) is 0 Å². The number of benzene rings is 1. The van der Waals surface area contributed by atoms with Gasteiger partial charge in [0.05, 0.1) is 0 Å². The Labute approximate surface area is 130 Å². The van der Waals surface area contributed by atoms with Gasteiger partial charge in [0.1, 0.15) is 10.8 Å². The largest absolute Gasteiger partial charge is 0.432 e. The smallest absolute Gasteiger partial charge is 0.268 e. The predicted octanol–water partition coefficient (Wildman–Crippen LogP) is 3.38. The first kappa shape index (κ1) is 13.6. The fourth-order valence-corrected chi connectivity index (χ4v) is 2.60. The number of pyridine rings is 1. The molecule has 104 valence electrons. The molecule has 0 saturated heterocycles. The van der Waals surface area contributed by atoms with Gasteiger partial charge in [0.2, 0.25) is 5.13 Å². The average molecular weight is 314 g/mol. The molecule has 1 aromatic carbocycles. The number of anilines is 1. The lowest BCUT2D eigenvalue weighted by Gasteiger charge is -2.05. The Kier molecular flexibility index (Phi) is 4.13. The molecule has 3 aromatic rings. The van der Waals surface area contributed by atoms with Gasteiger partial charge in [-0.05, 0) is 24.4 Å². The van der Waals surface area contributed by atoms with Gasteiger partial charge in [-0.2, -0.15) is 0 Å². The SMILES string of the molecule is S=C(Nc1nnc(-c2ccccc2)s1)Oc1ccncc1. The van der Waals surface area contributed by atoms with Crippen molar-refractivity contribution in [2.24, 2.45) is 0 Å². The van der Waals surface area contributed by atoms with E-state index in [1.54, 1.807) is 24.5 Å². The number of nitrogens with zero attached hydrogens (tertiary/aromatic N) is 3. The highest BCUT2D eigenvalue weighted by molar-refractivity contribution is 7.80. The van der Waals surface area contributed by atoms with Gasteiger partial charge in [0.25, 0.3) is 5.17 Å². The highest BCUT2D eigenvalue weighted by Gasteiger charge is 2.08. The first-order valence-corrected chi connectivity index (χ1v) is 7.31. The van der Waals surface area contributed by atoms with E-state index in [2.05, 4.69) is 20.5 Å². The summed E-state index contributed by atoms with van der Waals surface area (Å²) < 4.78 is 5.45. The fraction of sp³-hybridized carbons (Fsp3) is 0. The van der Waals surface area contributed by atoms with E-state index in [0.717, 1.165) is 10.6 Å². The van der Waals surface area contributed by atoms with Gasteiger partial charge >= 0.3 is 0 Å². The first-order chi connectivity index (χ1) is 10.3. The van der Waals surface area contributed by atoms with Gasteiger partial charge in [-0.25, -0.2) is 0 Å². The summed E-state index contributed by atoms with van der Waals surface area (Å²) in [7, 11) is 0. The molecule has 0 aliphatic carbocycles. The maximum absolute atomic E-state index is 5.45. The van der Waals surface area contributed by atoms with Gasteiger partial charge in [-0.15, -0.1) is 10.2 Å². The van der Waals surface area contributed by atoms with Crippen molar-refractivity contribution < 1.29 is 4.74 Å². The second kappa shape index (κ2) is 6.38. The van der Waals surface area contributed by atoms with E-state index >= 15 is 0 Å². The molecule has 1 N–H and O–H groups in total. The molecule has 0 aliphatic heterocycles. The third-order valence-electron chi connectivity index (χ3n) is 2.52. The minimum absolute atomic E-state index is 0.219. The van der Waals surface area contributed by atoms with Crippen molar-refractivity contribution in [1.29, 1.82) is 0 Å². The van der Waals surface area contributed by atoms with Crippen molar-refractivity contribution in [2.45, 2.75) is 0 Å². The zero-order valence-electron chi connectivity index (χ0n) is 10.8. The normalized spacial score (nSPS) is 10.1. The first-order valence-electron chi connectivity index (χ1n) is 6.09. The highest BCUT2D eigenvalue weighted by Crippen LogP contribution is 2.26. The maximum Gasteiger partial charge on any atom is 0.268 e. The van der Waals surface area contributed by atoms with E-state index in [9.17, 15) is 0 Å². The summed E-state index contributed by atoms with van der Waals surface area (Å²) in [5.41, 5.74) is 1.02. The summed E-state index contributed by atoms with van der Waals surface area (Å²) in [6.45, 7) is 0. The number of rotatable bonds is 3. The van der Waals surface area contributed by atoms with Crippen LogP contribution in [0.1, 0.15) is 0 Å². The van der Waals surface area contributed by atoms with Crippen LogP contribution in [0.15, 0.2) is 54.9 Å². The Morgan fingerprint density at radius 2 is 1.81 bits per heavy atom. The number of thiocarbonyl (C=S) groups is 1. The highest BCUT2D eigenvalue weighted by atomic mass is 32.1. The Morgan fingerprint density at radius 3 is 2.57 bits per heavy atom. The van der Waals surface area contributed by atoms with E-state index in [-0.39, 0.29) is 5.17 Å². The van der Waals surface area contributed by atoms with Crippen LogP contribution in [-0.4, -0.2) is 20.4 Å². The van der Waals surface area contributed by atoms with Crippen molar-refractivity contribution >= 4 is 33.9 Å². The molecule has 5 nitrogen and oxygen atoms in total. The van der Waals surface area contributed by atoms with E-state index in [1.165, 1.54) is 11.3 Å². The topological polar surface area (TPSA) is 59.9 Å². The second-order valence-electron chi connectivity index (χ2n) is 3.98. The average Bonchev–Trinajstić information content (AvgIpc) is 2.97. The van der Waals surface area contributed by atoms with Crippen LogP contribution in [0.4, 0.5) is 5.13 Å². The summed E-state index contributed by atoms with van der Waals surface area (Å²) in [5, 5.41) is 12.7. The number of hydrogen-bond donors (Lipinski definition) is 1. The van der Waals surface area contributed by atoms with E-state index < -0.39 is 0 Å². The molecule has 3 rings (SSSR count). The second-order valence-corrected chi connectivity index (χ2v) is 5.32. The van der Waals surface area contributed by atoms with Crippen molar-refractivity contribution in [3.05, 3.63) is 54.9 Å². The van der Waals surface area contributed by atoms with Crippen LogP contribution in [0.5, 0.6) is 5.75 Å². The van der Waals surface area contributed by atoms with Crippen LogP contribution >= 0.6 is 23.6 Å². The van der Waals surface area contributed by atoms with Crippen molar-refractivity contribution in [3.8, 4) is 16.3 Å². The Balaban J connectivity index is 1.66. The van der Waals surface area contributed by atoms with Crippen LogP contribution < -0.4 is 10.1 Å². The number of nitrogens with one attached hydrogen (secondary N) is 1. The summed E-state index contributed by atoms with van der Waals surface area (Å²) >= 11 is 6.54.